The largest absolute Gasteiger partial charge is 0.502 e. The van der Waals surface area contributed by atoms with Crippen LogP contribution in [0, 0.1) is 21.4 Å². The zero-order chi connectivity index (χ0) is 15.4. The van der Waals surface area contributed by atoms with E-state index in [-0.39, 0.29) is 5.56 Å². The fourth-order valence-electron chi connectivity index (χ4n) is 1.61. The molecule has 2 rings (SSSR count). The van der Waals surface area contributed by atoms with Gasteiger partial charge in [-0.05, 0) is 30.3 Å². The van der Waals surface area contributed by atoms with Crippen LogP contribution in [0.5, 0.6) is 5.75 Å². The summed E-state index contributed by atoms with van der Waals surface area (Å²) >= 11 is 3.15. The van der Waals surface area contributed by atoms with Crippen molar-refractivity contribution in [3.63, 3.8) is 0 Å². The minimum atomic E-state index is -0.668. The van der Waals surface area contributed by atoms with Gasteiger partial charge < -0.3 is 5.11 Å². The third kappa shape index (κ3) is 3.43. The summed E-state index contributed by atoms with van der Waals surface area (Å²) in [5.74, 6) is -0.444. The van der Waals surface area contributed by atoms with Gasteiger partial charge in [-0.3, -0.25) is 15.1 Å². The average molecular weight is 346 g/mol. The number of aromatic hydroxyl groups is 1. The number of hydrogen-bond acceptors (Lipinski definition) is 5. The minimum Gasteiger partial charge on any atom is -0.502 e. The fourth-order valence-corrected chi connectivity index (χ4v) is 2.07. The zero-order valence-electron chi connectivity index (χ0n) is 10.5. The van der Waals surface area contributed by atoms with Crippen molar-refractivity contribution in [3.05, 3.63) is 62.1 Å². The van der Waals surface area contributed by atoms with Crippen LogP contribution >= 0.6 is 15.9 Å². The maximum atomic E-state index is 10.8. The number of rotatable bonds is 3. The van der Waals surface area contributed by atoms with Gasteiger partial charge in [0.05, 0.1) is 22.2 Å². The molecule has 0 saturated carbocycles. The van der Waals surface area contributed by atoms with E-state index in [0.29, 0.717) is 15.7 Å². The number of phenols is 1. The highest BCUT2D eigenvalue weighted by atomic mass is 79.9. The molecular formula is C14H8BrN3O3. The van der Waals surface area contributed by atoms with Crippen LogP contribution in [0.3, 0.4) is 0 Å². The maximum absolute atomic E-state index is 10.8. The highest BCUT2D eigenvalue weighted by Crippen LogP contribution is 2.32. The minimum absolute atomic E-state index is 0.223. The molecule has 21 heavy (non-hydrogen) atoms. The Balaban J connectivity index is 2.36. The van der Waals surface area contributed by atoms with Crippen LogP contribution in [0.15, 0.2) is 45.9 Å². The molecule has 0 saturated heterocycles. The molecule has 0 unspecified atom stereocenters. The van der Waals surface area contributed by atoms with Crippen molar-refractivity contribution < 1.29 is 10.0 Å². The number of nitro groups is 1. The van der Waals surface area contributed by atoms with Crippen molar-refractivity contribution in [2.45, 2.75) is 0 Å². The molecule has 0 atom stereocenters. The van der Waals surface area contributed by atoms with E-state index in [2.05, 4.69) is 20.9 Å². The van der Waals surface area contributed by atoms with Gasteiger partial charge in [0.2, 0.25) is 5.75 Å². The lowest BCUT2D eigenvalue weighted by Gasteiger charge is -2.01. The normalized spacial score (nSPS) is 10.5. The van der Waals surface area contributed by atoms with E-state index in [9.17, 15) is 15.2 Å². The van der Waals surface area contributed by atoms with Gasteiger partial charge >= 0.3 is 5.69 Å². The van der Waals surface area contributed by atoms with E-state index in [1.807, 2.05) is 6.07 Å². The van der Waals surface area contributed by atoms with Gasteiger partial charge in [-0.15, -0.1) is 0 Å². The number of halogens is 1. The standard InChI is InChI=1S/C14H8BrN3O3/c15-11-5-10(14(19)13(6-11)18(20)21)8-17-12-3-1-9(7-16)2-4-12/h1-6,8,19H. The van der Waals surface area contributed by atoms with E-state index >= 15 is 0 Å². The molecule has 0 heterocycles. The molecule has 2 aromatic carbocycles. The summed E-state index contributed by atoms with van der Waals surface area (Å²) in [6.45, 7) is 0. The van der Waals surface area contributed by atoms with Crippen molar-refractivity contribution in [1.82, 2.24) is 0 Å². The van der Waals surface area contributed by atoms with E-state index in [4.69, 9.17) is 5.26 Å². The van der Waals surface area contributed by atoms with Crippen LogP contribution in [0.25, 0.3) is 0 Å². The first-order valence-electron chi connectivity index (χ1n) is 5.72. The van der Waals surface area contributed by atoms with Crippen LogP contribution in [-0.2, 0) is 0 Å². The number of benzene rings is 2. The van der Waals surface area contributed by atoms with Crippen molar-refractivity contribution in [2.75, 3.05) is 0 Å². The molecule has 7 heteroatoms. The number of phenolic OH excluding ortho intramolecular Hbond substituents is 1. The summed E-state index contributed by atoms with van der Waals surface area (Å²) in [6, 6.07) is 11.2. The molecular weight excluding hydrogens is 338 g/mol. The molecule has 1 N–H and O–H groups in total. The summed E-state index contributed by atoms with van der Waals surface area (Å²) in [7, 11) is 0. The molecule has 104 valence electrons. The van der Waals surface area contributed by atoms with Crippen molar-refractivity contribution in [1.29, 1.82) is 5.26 Å². The first kappa shape index (κ1) is 14.7. The molecule has 0 amide bonds. The predicted octanol–water partition coefficient (Wildman–Crippen LogP) is 3.69. The third-order valence-corrected chi connectivity index (χ3v) is 3.09. The molecule has 0 radical (unpaired) electrons. The van der Waals surface area contributed by atoms with Gasteiger partial charge in [0.25, 0.3) is 0 Å². The Morgan fingerprint density at radius 2 is 2.00 bits per heavy atom. The second-order valence-electron chi connectivity index (χ2n) is 4.04. The van der Waals surface area contributed by atoms with Gasteiger partial charge in [0.1, 0.15) is 0 Å². The van der Waals surface area contributed by atoms with Crippen LogP contribution < -0.4 is 0 Å². The molecule has 0 bridgehead atoms. The molecule has 0 fully saturated rings. The average Bonchev–Trinajstić information content (AvgIpc) is 2.48. The lowest BCUT2D eigenvalue weighted by molar-refractivity contribution is -0.385. The Morgan fingerprint density at radius 1 is 1.33 bits per heavy atom. The predicted molar refractivity (Wildman–Crippen MR) is 80.9 cm³/mol. The van der Waals surface area contributed by atoms with Crippen LogP contribution in [0.2, 0.25) is 0 Å². The Labute approximate surface area is 128 Å². The highest BCUT2D eigenvalue weighted by molar-refractivity contribution is 9.10. The topological polar surface area (TPSA) is 99.5 Å². The van der Waals surface area contributed by atoms with Gasteiger partial charge in [-0.1, -0.05) is 15.9 Å². The second kappa shape index (κ2) is 6.15. The third-order valence-electron chi connectivity index (χ3n) is 2.63. The molecule has 0 aliphatic carbocycles. The van der Waals surface area contributed by atoms with Crippen LogP contribution in [0.1, 0.15) is 11.1 Å². The maximum Gasteiger partial charge on any atom is 0.312 e. The number of hydrogen-bond donors (Lipinski definition) is 1. The molecule has 0 spiro atoms. The van der Waals surface area contributed by atoms with E-state index in [1.165, 1.54) is 18.3 Å². The van der Waals surface area contributed by atoms with Gasteiger partial charge in [0, 0.05) is 22.3 Å². The summed E-state index contributed by atoms with van der Waals surface area (Å²) in [5.41, 5.74) is 0.900. The lowest BCUT2D eigenvalue weighted by Crippen LogP contribution is -1.92. The first-order valence-corrected chi connectivity index (χ1v) is 6.51. The quantitative estimate of drug-likeness (QED) is 0.520. The van der Waals surface area contributed by atoms with Crippen LogP contribution in [-0.4, -0.2) is 16.2 Å². The van der Waals surface area contributed by atoms with E-state index in [0.717, 1.165) is 0 Å². The fraction of sp³-hybridized carbons (Fsp3) is 0. The van der Waals surface area contributed by atoms with Crippen molar-refractivity contribution >= 4 is 33.5 Å². The number of nitriles is 1. The molecule has 0 aliphatic rings. The van der Waals surface area contributed by atoms with Gasteiger partial charge in [0.15, 0.2) is 0 Å². The molecule has 2 aromatic rings. The Bertz CT molecular complexity index is 764. The summed E-state index contributed by atoms with van der Waals surface area (Å²) < 4.78 is 0.466. The molecule has 6 nitrogen and oxygen atoms in total. The smallest absolute Gasteiger partial charge is 0.312 e. The van der Waals surface area contributed by atoms with Gasteiger partial charge in [-0.2, -0.15) is 5.26 Å². The van der Waals surface area contributed by atoms with Gasteiger partial charge in [-0.25, -0.2) is 0 Å². The Morgan fingerprint density at radius 3 is 2.57 bits per heavy atom. The zero-order valence-corrected chi connectivity index (χ0v) is 12.1. The van der Waals surface area contributed by atoms with Crippen molar-refractivity contribution in [3.8, 4) is 11.8 Å². The first-order chi connectivity index (χ1) is 10.0. The summed E-state index contributed by atoms with van der Waals surface area (Å²) in [4.78, 5) is 14.3. The molecule has 0 aromatic heterocycles. The van der Waals surface area contributed by atoms with E-state index < -0.39 is 16.4 Å². The second-order valence-corrected chi connectivity index (χ2v) is 4.95. The highest BCUT2D eigenvalue weighted by Gasteiger charge is 2.17. The molecule has 0 aliphatic heterocycles. The number of aliphatic imine (C=N–C) groups is 1. The van der Waals surface area contributed by atoms with Crippen LogP contribution in [0.4, 0.5) is 11.4 Å². The lowest BCUT2D eigenvalue weighted by atomic mass is 10.2. The Kier molecular flexibility index (Phi) is 4.30. The summed E-state index contributed by atoms with van der Waals surface area (Å²) in [6.07, 6.45) is 1.33. The number of nitro benzene ring substituents is 1. The number of nitrogens with zero attached hydrogens (tertiary/aromatic N) is 3. The van der Waals surface area contributed by atoms with Crippen molar-refractivity contribution in [2.24, 2.45) is 4.99 Å². The Hall–Kier alpha value is -2.72. The summed E-state index contributed by atoms with van der Waals surface area (Å²) in [5, 5.41) is 29.4. The SMILES string of the molecule is N#Cc1ccc(N=Cc2cc(Br)cc([N+](=O)[O-])c2O)cc1. The monoisotopic (exact) mass is 345 g/mol. The van der Waals surface area contributed by atoms with E-state index in [1.54, 1.807) is 24.3 Å².